The Labute approximate surface area is 87.7 Å². The Morgan fingerprint density at radius 3 is 2.79 bits per heavy atom. The minimum atomic E-state index is 0.131. The van der Waals surface area contributed by atoms with Crippen LogP contribution in [-0.4, -0.2) is 23.9 Å². The number of ether oxygens (including phenoxy) is 1. The van der Waals surface area contributed by atoms with Gasteiger partial charge in [0, 0.05) is 13.2 Å². The van der Waals surface area contributed by atoms with Crippen molar-refractivity contribution in [2.75, 3.05) is 13.2 Å². The van der Waals surface area contributed by atoms with E-state index in [9.17, 15) is 0 Å². The van der Waals surface area contributed by atoms with Gasteiger partial charge in [-0.15, -0.1) is 0 Å². The summed E-state index contributed by atoms with van der Waals surface area (Å²) in [6.45, 7) is 3.52. The van der Waals surface area contributed by atoms with Crippen LogP contribution in [0.15, 0.2) is 0 Å². The van der Waals surface area contributed by atoms with Crippen LogP contribution in [0.25, 0.3) is 0 Å². The maximum atomic E-state index is 8.68. The van der Waals surface area contributed by atoms with Crippen molar-refractivity contribution in [1.82, 2.24) is 0 Å². The molecule has 0 amide bonds. The third kappa shape index (κ3) is 4.43. The summed E-state index contributed by atoms with van der Waals surface area (Å²) < 4.78 is 5.91. The monoisotopic (exact) mass is 200 g/mol. The van der Waals surface area contributed by atoms with Crippen molar-refractivity contribution in [2.24, 2.45) is 0 Å². The Kier molecular flexibility index (Phi) is 5.49. The first-order valence-corrected chi connectivity index (χ1v) is 6.02. The molecule has 0 radical (unpaired) electrons. The van der Waals surface area contributed by atoms with E-state index in [1.165, 1.54) is 32.1 Å². The standard InChI is InChI=1S/C12H24O2/c1-12(8-4-2-6-10-13)9-5-3-7-11-14-12/h13H,2-11H2,1H3. The van der Waals surface area contributed by atoms with Crippen molar-refractivity contribution in [3.8, 4) is 0 Å². The molecule has 1 aliphatic rings. The SMILES string of the molecule is CC1(CCCCCO)CCCCCO1. The van der Waals surface area contributed by atoms with Crippen LogP contribution >= 0.6 is 0 Å². The number of aliphatic hydroxyl groups is 1. The zero-order valence-electron chi connectivity index (χ0n) is 9.43. The molecule has 1 rings (SSSR count). The zero-order valence-corrected chi connectivity index (χ0v) is 9.43. The van der Waals surface area contributed by atoms with Crippen molar-refractivity contribution < 1.29 is 9.84 Å². The summed E-state index contributed by atoms with van der Waals surface area (Å²) in [5.41, 5.74) is 0.131. The second-order valence-electron chi connectivity index (χ2n) is 4.64. The van der Waals surface area contributed by atoms with Crippen molar-refractivity contribution in [1.29, 1.82) is 0 Å². The zero-order chi connectivity index (χ0) is 10.3. The highest BCUT2D eigenvalue weighted by Crippen LogP contribution is 2.28. The molecule has 2 nitrogen and oxygen atoms in total. The van der Waals surface area contributed by atoms with Crippen LogP contribution in [0.5, 0.6) is 0 Å². The van der Waals surface area contributed by atoms with Crippen molar-refractivity contribution in [3.05, 3.63) is 0 Å². The summed E-state index contributed by atoms with van der Waals surface area (Å²) in [7, 11) is 0. The van der Waals surface area contributed by atoms with Crippen molar-refractivity contribution in [2.45, 2.75) is 63.9 Å². The van der Waals surface area contributed by atoms with Gasteiger partial charge in [0.1, 0.15) is 0 Å². The topological polar surface area (TPSA) is 29.5 Å². The Balaban J connectivity index is 2.17. The lowest BCUT2D eigenvalue weighted by atomic mass is 9.93. The summed E-state index contributed by atoms with van der Waals surface area (Å²) in [4.78, 5) is 0. The summed E-state index contributed by atoms with van der Waals surface area (Å²) >= 11 is 0. The molecule has 1 N–H and O–H groups in total. The van der Waals surface area contributed by atoms with Crippen LogP contribution in [0.2, 0.25) is 0 Å². The molecular weight excluding hydrogens is 176 g/mol. The predicted molar refractivity (Wildman–Crippen MR) is 58.4 cm³/mol. The van der Waals surface area contributed by atoms with E-state index in [2.05, 4.69) is 6.92 Å². The van der Waals surface area contributed by atoms with Gasteiger partial charge in [0.2, 0.25) is 0 Å². The normalized spacial score (nSPS) is 28.7. The fourth-order valence-electron chi connectivity index (χ4n) is 2.15. The van der Waals surface area contributed by atoms with Gasteiger partial charge in [0.25, 0.3) is 0 Å². The Morgan fingerprint density at radius 2 is 2.00 bits per heavy atom. The number of rotatable bonds is 5. The van der Waals surface area contributed by atoms with Crippen LogP contribution in [0.4, 0.5) is 0 Å². The smallest absolute Gasteiger partial charge is 0.0654 e. The molecule has 1 fully saturated rings. The number of hydrogen-bond donors (Lipinski definition) is 1. The van der Waals surface area contributed by atoms with Gasteiger partial charge in [-0.1, -0.05) is 25.7 Å². The lowest BCUT2D eigenvalue weighted by Gasteiger charge is -2.28. The molecule has 1 heterocycles. The minimum absolute atomic E-state index is 0.131. The molecule has 1 saturated heterocycles. The summed E-state index contributed by atoms with van der Waals surface area (Å²) in [6.07, 6.45) is 9.51. The molecule has 14 heavy (non-hydrogen) atoms. The van der Waals surface area contributed by atoms with Gasteiger partial charge in [-0.3, -0.25) is 0 Å². The number of aliphatic hydroxyl groups excluding tert-OH is 1. The molecular formula is C12H24O2. The first-order valence-electron chi connectivity index (χ1n) is 6.02. The van der Waals surface area contributed by atoms with E-state index >= 15 is 0 Å². The van der Waals surface area contributed by atoms with Crippen LogP contribution in [0.3, 0.4) is 0 Å². The molecule has 2 heteroatoms. The first kappa shape index (κ1) is 12.0. The van der Waals surface area contributed by atoms with Gasteiger partial charge in [-0.05, 0) is 32.6 Å². The fraction of sp³-hybridized carbons (Fsp3) is 1.00. The average Bonchev–Trinajstić information content (AvgIpc) is 2.39. The van der Waals surface area contributed by atoms with Crippen molar-refractivity contribution >= 4 is 0 Å². The number of hydrogen-bond acceptors (Lipinski definition) is 2. The maximum Gasteiger partial charge on any atom is 0.0654 e. The molecule has 0 spiro atoms. The molecule has 0 saturated carbocycles. The fourth-order valence-corrected chi connectivity index (χ4v) is 2.15. The van der Waals surface area contributed by atoms with Gasteiger partial charge in [-0.25, -0.2) is 0 Å². The molecule has 0 aromatic rings. The first-order chi connectivity index (χ1) is 6.77. The number of unbranched alkanes of at least 4 members (excludes halogenated alkanes) is 2. The Hall–Kier alpha value is -0.0800. The third-order valence-electron chi connectivity index (χ3n) is 3.16. The largest absolute Gasteiger partial charge is 0.396 e. The highest BCUT2D eigenvalue weighted by atomic mass is 16.5. The van der Waals surface area contributed by atoms with Gasteiger partial charge < -0.3 is 9.84 Å². The van der Waals surface area contributed by atoms with E-state index < -0.39 is 0 Å². The molecule has 1 unspecified atom stereocenters. The highest BCUT2D eigenvalue weighted by molar-refractivity contribution is 4.77. The van der Waals surface area contributed by atoms with Gasteiger partial charge in [-0.2, -0.15) is 0 Å². The molecule has 0 aliphatic carbocycles. The van der Waals surface area contributed by atoms with Crippen LogP contribution in [-0.2, 0) is 4.74 Å². The summed E-state index contributed by atoms with van der Waals surface area (Å²) in [6, 6.07) is 0. The van der Waals surface area contributed by atoms with E-state index in [1.807, 2.05) is 0 Å². The highest BCUT2D eigenvalue weighted by Gasteiger charge is 2.25. The van der Waals surface area contributed by atoms with E-state index in [0.29, 0.717) is 6.61 Å². The lowest BCUT2D eigenvalue weighted by molar-refractivity contribution is -0.0358. The average molecular weight is 200 g/mol. The summed E-state index contributed by atoms with van der Waals surface area (Å²) in [5.74, 6) is 0. The molecule has 1 atom stereocenters. The third-order valence-corrected chi connectivity index (χ3v) is 3.16. The Bertz CT molecular complexity index is 137. The van der Waals surface area contributed by atoms with Crippen LogP contribution in [0.1, 0.15) is 58.3 Å². The Morgan fingerprint density at radius 1 is 1.14 bits per heavy atom. The molecule has 0 aromatic carbocycles. The maximum absolute atomic E-state index is 8.68. The summed E-state index contributed by atoms with van der Waals surface area (Å²) in [5, 5.41) is 8.68. The van der Waals surface area contributed by atoms with Crippen LogP contribution in [0, 0.1) is 0 Å². The van der Waals surface area contributed by atoms with Gasteiger partial charge >= 0.3 is 0 Å². The predicted octanol–water partition coefficient (Wildman–Crippen LogP) is 2.89. The second kappa shape index (κ2) is 6.41. The van der Waals surface area contributed by atoms with E-state index in [0.717, 1.165) is 25.9 Å². The van der Waals surface area contributed by atoms with E-state index in [4.69, 9.17) is 9.84 Å². The lowest BCUT2D eigenvalue weighted by Crippen LogP contribution is -2.27. The quantitative estimate of drug-likeness (QED) is 0.691. The molecule has 84 valence electrons. The molecule has 1 aliphatic heterocycles. The van der Waals surface area contributed by atoms with Gasteiger partial charge in [0.15, 0.2) is 0 Å². The van der Waals surface area contributed by atoms with E-state index in [1.54, 1.807) is 0 Å². The van der Waals surface area contributed by atoms with Crippen molar-refractivity contribution in [3.63, 3.8) is 0 Å². The van der Waals surface area contributed by atoms with E-state index in [-0.39, 0.29) is 5.60 Å². The van der Waals surface area contributed by atoms with Crippen LogP contribution < -0.4 is 0 Å². The minimum Gasteiger partial charge on any atom is -0.396 e. The molecule has 0 bridgehead atoms. The molecule has 0 aromatic heterocycles. The van der Waals surface area contributed by atoms with Gasteiger partial charge in [0.05, 0.1) is 5.60 Å². The second-order valence-corrected chi connectivity index (χ2v) is 4.64.